The van der Waals surface area contributed by atoms with Gasteiger partial charge in [-0.15, -0.1) is 0 Å². The van der Waals surface area contributed by atoms with Gasteiger partial charge in [0.15, 0.2) is 0 Å². The van der Waals surface area contributed by atoms with E-state index in [1.807, 2.05) is 13.0 Å². The summed E-state index contributed by atoms with van der Waals surface area (Å²) in [6, 6.07) is 2.95. The van der Waals surface area contributed by atoms with Crippen LogP contribution in [0.1, 0.15) is 25.8 Å². The van der Waals surface area contributed by atoms with E-state index in [4.69, 9.17) is 25.8 Å². The fourth-order valence-electron chi connectivity index (χ4n) is 4.08. The number of rotatable bonds is 4. The van der Waals surface area contributed by atoms with Gasteiger partial charge in [-0.05, 0) is 44.5 Å². The molecule has 0 amide bonds. The Hall–Kier alpha value is -2.15. The van der Waals surface area contributed by atoms with E-state index in [1.54, 1.807) is 13.0 Å². The van der Waals surface area contributed by atoms with Gasteiger partial charge < -0.3 is 14.2 Å². The Morgan fingerprint density at radius 2 is 2.14 bits per heavy atom. The summed E-state index contributed by atoms with van der Waals surface area (Å²) in [4.78, 5) is 12.2. The van der Waals surface area contributed by atoms with Crippen molar-refractivity contribution in [1.82, 2.24) is 0 Å². The molecule has 2 unspecified atom stereocenters. The van der Waals surface area contributed by atoms with Crippen LogP contribution in [0.25, 0.3) is 0 Å². The van der Waals surface area contributed by atoms with E-state index in [1.165, 1.54) is 6.07 Å². The zero-order valence-electron chi connectivity index (χ0n) is 15.2. The van der Waals surface area contributed by atoms with E-state index in [-0.39, 0.29) is 34.7 Å². The van der Waals surface area contributed by atoms with Crippen LogP contribution in [0.4, 0.5) is 13.2 Å². The van der Waals surface area contributed by atoms with Crippen molar-refractivity contribution >= 4 is 17.6 Å². The van der Waals surface area contributed by atoms with Gasteiger partial charge >= 0.3 is 12.1 Å². The Labute approximate surface area is 164 Å². The van der Waals surface area contributed by atoms with Crippen LogP contribution in [0.3, 0.4) is 0 Å². The molecule has 8 heteroatoms. The minimum atomic E-state index is -4.47. The minimum Gasteiger partial charge on any atom is -0.493 e. The molecular formula is C20H18ClF3O4. The highest BCUT2D eigenvalue weighted by Gasteiger charge is 2.76. The van der Waals surface area contributed by atoms with E-state index in [0.717, 1.165) is 17.9 Å². The Bertz CT molecular complexity index is 892. The maximum Gasteiger partial charge on any atom is 0.416 e. The SMILES string of the molecule is CCOC(=O)C1(C)[C@@H]2OC3=CC(Oc4ccc(C(F)(F)F)cc4Cl)=CCC3[C@@H]21. The maximum atomic E-state index is 12.7. The third-order valence-electron chi connectivity index (χ3n) is 5.62. The van der Waals surface area contributed by atoms with Crippen LogP contribution in [0.15, 0.2) is 41.9 Å². The topological polar surface area (TPSA) is 44.8 Å². The molecular weight excluding hydrogens is 397 g/mol. The molecule has 0 N–H and O–H groups in total. The number of carbonyl (C=O) groups is 1. The number of hydrogen-bond acceptors (Lipinski definition) is 4. The molecule has 0 aromatic heterocycles. The van der Waals surface area contributed by atoms with E-state index in [9.17, 15) is 18.0 Å². The van der Waals surface area contributed by atoms with Crippen molar-refractivity contribution in [1.29, 1.82) is 0 Å². The van der Waals surface area contributed by atoms with Crippen molar-refractivity contribution in [3.05, 3.63) is 52.5 Å². The number of halogens is 4. The molecule has 28 heavy (non-hydrogen) atoms. The van der Waals surface area contributed by atoms with Crippen molar-refractivity contribution in [3.63, 3.8) is 0 Å². The van der Waals surface area contributed by atoms with Crippen LogP contribution in [0, 0.1) is 17.3 Å². The molecule has 2 aliphatic carbocycles. The highest BCUT2D eigenvalue weighted by molar-refractivity contribution is 6.32. The Kier molecular flexibility index (Phi) is 4.41. The molecule has 150 valence electrons. The van der Waals surface area contributed by atoms with E-state index < -0.39 is 17.2 Å². The number of ether oxygens (including phenoxy) is 3. The zero-order valence-corrected chi connectivity index (χ0v) is 15.9. The minimum absolute atomic E-state index is 0.0604. The lowest BCUT2D eigenvalue weighted by molar-refractivity contribution is -0.151. The third-order valence-corrected chi connectivity index (χ3v) is 5.92. The number of fused-ring (bicyclic) bond motifs is 3. The van der Waals surface area contributed by atoms with Gasteiger partial charge in [0.1, 0.15) is 28.8 Å². The number of allylic oxidation sites excluding steroid dienone is 3. The summed E-state index contributed by atoms with van der Waals surface area (Å²) in [5, 5.41) is -0.124. The van der Waals surface area contributed by atoms with Crippen molar-refractivity contribution in [2.75, 3.05) is 6.61 Å². The number of esters is 1. The molecule has 1 saturated carbocycles. The highest BCUT2D eigenvalue weighted by Crippen LogP contribution is 2.67. The van der Waals surface area contributed by atoms with Gasteiger partial charge in [0, 0.05) is 17.9 Å². The second-order valence-electron chi connectivity index (χ2n) is 7.31. The molecule has 1 aromatic rings. The Morgan fingerprint density at radius 1 is 1.39 bits per heavy atom. The number of alkyl halides is 3. The summed E-state index contributed by atoms with van der Waals surface area (Å²) in [7, 11) is 0. The summed E-state index contributed by atoms with van der Waals surface area (Å²) in [5.74, 6) is 1.19. The van der Waals surface area contributed by atoms with Gasteiger partial charge in [0.05, 0.1) is 17.2 Å². The summed E-state index contributed by atoms with van der Waals surface area (Å²) < 4.78 is 55.0. The molecule has 2 fully saturated rings. The molecule has 1 saturated heterocycles. The summed E-state index contributed by atoms with van der Waals surface area (Å²) >= 11 is 5.94. The predicted molar refractivity (Wildman–Crippen MR) is 94.5 cm³/mol. The van der Waals surface area contributed by atoms with Crippen LogP contribution >= 0.6 is 11.6 Å². The van der Waals surface area contributed by atoms with Gasteiger partial charge in [-0.1, -0.05) is 11.6 Å². The largest absolute Gasteiger partial charge is 0.493 e. The number of carbonyl (C=O) groups excluding carboxylic acids is 1. The Morgan fingerprint density at radius 3 is 2.79 bits per heavy atom. The monoisotopic (exact) mass is 414 g/mol. The molecule has 4 rings (SSSR count). The van der Waals surface area contributed by atoms with Crippen LogP contribution in [0.2, 0.25) is 5.02 Å². The van der Waals surface area contributed by atoms with E-state index in [2.05, 4.69) is 0 Å². The molecule has 4 nitrogen and oxygen atoms in total. The van der Waals surface area contributed by atoms with Gasteiger partial charge in [-0.3, -0.25) is 4.79 Å². The van der Waals surface area contributed by atoms with Crippen molar-refractivity contribution in [2.24, 2.45) is 17.3 Å². The first-order valence-corrected chi connectivity index (χ1v) is 9.34. The molecule has 3 aliphatic rings. The van der Waals surface area contributed by atoms with Crippen molar-refractivity contribution in [3.8, 4) is 5.75 Å². The molecule has 1 aliphatic heterocycles. The smallest absolute Gasteiger partial charge is 0.416 e. The standard InChI is InChI=1S/C20H18ClF3O4/c1-3-26-18(25)19(2)16-12-6-5-11(9-15(12)28-17(16)19)27-14-7-4-10(8-13(14)21)20(22,23)24/h4-5,7-9,12,16-17H,3,6H2,1-2H3/t12?,16-,17+,19?/m0/s1. The fraction of sp³-hybridized carbons (Fsp3) is 0.450. The number of benzene rings is 1. The lowest BCUT2D eigenvalue weighted by atomic mass is 9.88. The molecule has 0 bridgehead atoms. The van der Waals surface area contributed by atoms with Gasteiger partial charge in [0.25, 0.3) is 0 Å². The molecule has 0 spiro atoms. The first kappa shape index (κ1) is 19.2. The van der Waals surface area contributed by atoms with Gasteiger partial charge in [0.2, 0.25) is 0 Å². The molecule has 1 heterocycles. The second kappa shape index (κ2) is 6.44. The van der Waals surface area contributed by atoms with Crippen molar-refractivity contribution in [2.45, 2.75) is 32.5 Å². The number of hydrogen-bond donors (Lipinski definition) is 0. The predicted octanol–water partition coefficient (Wildman–Crippen LogP) is 5.12. The summed E-state index contributed by atoms with van der Waals surface area (Å²) in [6.45, 7) is 3.95. The van der Waals surface area contributed by atoms with Gasteiger partial charge in [-0.2, -0.15) is 13.2 Å². The lowest BCUT2D eigenvalue weighted by Gasteiger charge is -2.24. The second-order valence-corrected chi connectivity index (χ2v) is 7.72. The summed E-state index contributed by atoms with van der Waals surface area (Å²) in [5.41, 5.74) is -1.46. The van der Waals surface area contributed by atoms with Crippen LogP contribution in [-0.2, 0) is 20.4 Å². The van der Waals surface area contributed by atoms with Gasteiger partial charge in [-0.25, -0.2) is 0 Å². The van der Waals surface area contributed by atoms with Crippen molar-refractivity contribution < 1.29 is 32.2 Å². The van der Waals surface area contributed by atoms with E-state index >= 15 is 0 Å². The average Bonchev–Trinajstić information content (AvgIpc) is 3.03. The lowest BCUT2D eigenvalue weighted by Crippen LogP contribution is -2.26. The first-order chi connectivity index (χ1) is 13.2. The maximum absolute atomic E-state index is 12.7. The van der Waals surface area contributed by atoms with Crippen LogP contribution in [0.5, 0.6) is 5.75 Å². The molecule has 0 radical (unpaired) electrons. The van der Waals surface area contributed by atoms with Crippen LogP contribution < -0.4 is 4.74 Å². The first-order valence-electron chi connectivity index (χ1n) is 8.96. The molecule has 1 aromatic carbocycles. The average molecular weight is 415 g/mol. The third kappa shape index (κ3) is 2.96. The molecule has 4 atom stereocenters. The quantitative estimate of drug-likeness (QED) is 0.641. The zero-order chi connectivity index (χ0) is 20.3. The Balaban J connectivity index is 1.46. The van der Waals surface area contributed by atoms with Crippen LogP contribution in [-0.4, -0.2) is 18.7 Å². The highest BCUT2D eigenvalue weighted by atomic mass is 35.5. The normalized spacial score (nSPS) is 30.4. The fourth-order valence-corrected chi connectivity index (χ4v) is 4.30. The summed E-state index contributed by atoms with van der Waals surface area (Å²) in [6.07, 6.45) is -0.538. The van der Waals surface area contributed by atoms with E-state index in [0.29, 0.717) is 18.8 Å².